The highest BCUT2D eigenvalue weighted by atomic mass is 32.2. The number of hydrogen-bond acceptors (Lipinski definition) is 15. The van der Waals surface area contributed by atoms with Crippen molar-refractivity contribution in [2.24, 2.45) is 17.8 Å². The van der Waals surface area contributed by atoms with E-state index in [1.165, 1.54) is 149 Å². The zero-order chi connectivity index (χ0) is 35.0. The Kier molecular flexibility index (Phi) is 13.9. The van der Waals surface area contributed by atoms with Gasteiger partial charge in [0.1, 0.15) is 16.4 Å². The molecule has 11 nitrogen and oxygen atoms in total. The number of ether oxygens (including phenoxy) is 2. The van der Waals surface area contributed by atoms with E-state index in [1.807, 2.05) is 18.7 Å². The van der Waals surface area contributed by atoms with Gasteiger partial charge in [0, 0.05) is 37.4 Å². The molecule has 3 aromatic rings. The van der Waals surface area contributed by atoms with Crippen molar-refractivity contribution in [3.63, 3.8) is 0 Å². The first-order valence-electron chi connectivity index (χ1n) is 19.7. The molecular weight excluding hydrogens is 719 g/mol. The largest absolute Gasteiger partial charge is 0.476 e. The Labute approximate surface area is 321 Å². The highest BCUT2D eigenvalue weighted by molar-refractivity contribution is 7.99. The third kappa shape index (κ3) is 9.25. The number of aromatic nitrogens is 6. The fourth-order valence-corrected chi connectivity index (χ4v) is 12.0. The molecule has 282 valence electrons. The topological polar surface area (TPSA) is 106 Å². The second-order valence-electron chi connectivity index (χ2n) is 15.1. The summed E-state index contributed by atoms with van der Waals surface area (Å²) in [6, 6.07) is 0. The van der Waals surface area contributed by atoms with Crippen LogP contribution in [0.3, 0.4) is 0 Å². The molecule has 51 heavy (non-hydrogen) atoms. The van der Waals surface area contributed by atoms with Crippen LogP contribution >= 0.6 is 46.9 Å². The van der Waals surface area contributed by atoms with Crippen molar-refractivity contribution in [2.45, 2.75) is 101 Å². The summed E-state index contributed by atoms with van der Waals surface area (Å²) in [7, 11) is 0. The molecule has 6 bridgehead atoms. The van der Waals surface area contributed by atoms with E-state index in [0.717, 1.165) is 67.0 Å². The van der Waals surface area contributed by atoms with Gasteiger partial charge >= 0.3 is 0 Å². The molecule has 0 aromatic carbocycles. The quantitative estimate of drug-likeness (QED) is 0.138. The van der Waals surface area contributed by atoms with Crippen LogP contribution in [0.25, 0.3) is 0 Å². The second kappa shape index (κ2) is 18.7. The molecule has 9 aliphatic heterocycles. The molecule has 15 heteroatoms. The predicted octanol–water partition coefficient (Wildman–Crippen LogP) is 7.12. The van der Waals surface area contributed by atoms with E-state index < -0.39 is 0 Å². The number of rotatable bonds is 12. The van der Waals surface area contributed by atoms with Crippen molar-refractivity contribution in [2.75, 3.05) is 77.9 Å². The Morgan fingerprint density at radius 2 is 1.02 bits per heavy atom. The van der Waals surface area contributed by atoms with Gasteiger partial charge in [-0.1, -0.05) is 20.3 Å². The fraction of sp³-hybridized carbons (Fsp3) is 0.833. The number of unbranched alkanes of at least 4 members (excludes halogenated alkanes) is 1. The van der Waals surface area contributed by atoms with E-state index in [0.29, 0.717) is 24.4 Å². The van der Waals surface area contributed by atoms with Crippen molar-refractivity contribution < 1.29 is 9.47 Å². The lowest BCUT2D eigenvalue weighted by Crippen LogP contribution is -2.46. The maximum atomic E-state index is 5.71. The number of thioether (sulfide) groups is 1. The molecule has 12 rings (SSSR count). The molecule has 3 aromatic heterocycles. The summed E-state index contributed by atoms with van der Waals surface area (Å²) in [6.07, 6.45) is 11.5. The van der Waals surface area contributed by atoms with Crippen LogP contribution in [0.2, 0.25) is 0 Å². The summed E-state index contributed by atoms with van der Waals surface area (Å²) >= 11 is 5.90. The normalized spacial score (nSPS) is 31.8. The summed E-state index contributed by atoms with van der Waals surface area (Å²) in [5.41, 5.74) is 3.55. The highest BCUT2D eigenvalue weighted by Gasteiger charge is 2.40. The molecule has 9 fully saturated rings. The summed E-state index contributed by atoms with van der Waals surface area (Å²) in [5, 5.41) is 1.23. The van der Waals surface area contributed by atoms with Crippen molar-refractivity contribution >= 4 is 46.9 Å². The second-order valence-corrected chi connectivity index (χ2v) is 17.7. The number of piperidine rings is 9. The Balaban J connectivity index is 0.000000120. The van der Waals surface area contributed by atoms with Crippen LogP contribution in [0, 0.1) is 17.8 Å². The highest BCUT2D eigenvalue weighted by Crippen LogP contribution is 2.43. The molecule has 0 amide bonds. The first-order chi connectivity index (χ1) is 25.1. The molecule has 0 spiro atoms. The molecule has 9 saturated heterocycles. The van der Waals surface area contributed by atoms with E-state index in [4.69, 9.17) is 9.47 Å². The summed E-state index contributed by atoms with van der Waals surface area (Å²) in [5.74, 6) is 7.02. The Bertz CT molecular complexity index is 1460. The average molecular weight is 776 g/mol. The van der Waals surface area contributed by atoms with Gasteiger partial charge in [-0.05, 0) is 121 Å². The van der Waals surface area contributed by atoms with E-state index in [2.05, 4.69) is 54.8 Å². The minimum Gasteiger partial charge on any atom is -0.476 e. The van der Waals surface area contributed by atoms with Crippen LogP contribution in [-0.2, 0) is 0 Å². The maximum Gasteiger partial charge on any atom is 0.249 e. The van der Waals surface area contributed by atoms with Crippen LogP contribution in [0.5, 0.6) is 11.8 Å². The lowest BCUT2D eigenvalue weighted by atomic mass is 9.77. The van der Waals surface area contributed by atoms with Crippen molar-refractivity contribution in [1.82, 2.24) is 40.9 Å². The van der Waals surface area contributed by atoms with Crippen molar-refractivity contribution in [3.8, 4) is 11.8 Å². The van der Waals surface area contributed by atoms with E-state index in [9.17, 15) is 0 Å². The van der Waals surface area contributed by atoms with Gasteiger partial charge in [-0.2, -0.15) is 17.5 Å². The average Bonchev–Trinajstić information content (AvgIpc) is 3.98. The molecule has 3 atom stereocenters. The SMILES string of the molecule is CCCCSc1nsnc1C1CN2CCC1CC2.CCCOc1nsnc1C1CN2CCC1CC2.CCOc1nsnc1C1CN2CCC1CC2. The van der Waals surface area contributed by atoms with Gasteiger partial charge in [-0.15, -0.1) is 20.5 Å². The molecule has 9 aliphatic rings. The van der Waals surface area contributed by atoms with Gasteiger partial charge in [0.2, 0.25) is 11.8 Å². The summed E-state index contributed by atoms with van der Waals surface area (Å²) in [4.78, 5) is 7.69. The molecule has 3 unspecified atom stereocenters. The fourth-order valence-electron chi connectivity index (χ4n) is 9.01. The summed E-state index contributed by atoms with van der Waals surface area (Å²) < 4.78 is 37.9. The molecule has 12 heterocycles. The minimum absolute atomic E-state index is 0.558. The standard InChI is InChI=1S/C13H21N3S2.C12H19N3OS.C11H17N3OS/c1-2-3-8-17-13-12(14-18-15-13)11-9-16-6-4-10(11)5-7-16;1-2-7-16-12-11(13-17-14-12)10-8-15-5-3-9(10)4-6-15;1-2-15-11-10(12-16-13-11)9-7-14-5-3-8(9)4-6-14/h10-11H,2-9H2,1H3;9-10H,2-8H2,1H3;8-9H,2-7H2,1H3. The Morgan fingerprint density at radius 1 is 0.569 bits per heavy atom. The predicted molar refractivity (Wildman–Crippen MR) is 208 cm³/mol. The zero-order valence-electron chi connectivity index (χ0n) is 30.8. The van der Waals surface area contributed by atoms with E-state index in [1.54, 1.807) is 0 Å². The third-order valence-corrected chi connectivity index (χ3v) is 14.7. The van der Waals surface area contributed by atoms with Crippen LogP contribution in [-0.4, -0.2) is 119 Å². The Morgan fingerprint density at radius 3 is 1.45 bits per heavy atom. The maximum absolute atomic E-state index is 5.71. The molecule has 0 aliphatic carbocycles. The van der Waals surface area contributed by atoms with Crippen LogP contribution in [0.15, 0.2) is 5.03 Å². The van der Waals surface area contributed by atoms with Gasteiger partial charge in [0.25, 0.3) is 0 Å². The van der Waals surface area contributed by atoms with Gasteiger partial charge in [-0.25, -0.2) is 0 Å². The van der Waals surface area contributed by atoms with Crippen molar-refractivity contribution in [1.29, 1.82) is 0 Å². The number of fused-ring (bicyclic) bond motifs is 9. The van der Waals surface area contributed by atoms with Gasteiger partial charge in [0.05, 0.1) is 54.1 Å². The van der Waals surface area contributed by atoms with E-state index >= 15 is 0 Å². The first kappa shape index (κ1) is 37.8. The molecule has 0 N–H and O–H groups in total. The van der Waals surface area contributed by atoms with Crippen molar-refractivity contribution in [3.05, 3.63) is 17.1 Å². The first-order valence-corrected chi connectivity index (χ1v) is 22.8. The smallest absolute Gasteiger partial charge is 0.249 e. The zero-order valence-corrected chi connectivity index (χ0v) is 34.1. The van der Waals surface area contributed by atoms with Gasteiger partial charge in [0.15, 0.2) is 0 Å². The summed E-state index contributed by atoms with van der Waals surface area (Å²) in [6.45, 7) is 19.0. The number of hydrogen-bond donors (Lipinski definition) is 0. The minimum atomic E-state index is 0.558. The third-order valence-electron chi connectivity index (χ3n) is 11.9. The molecular formula is C36H57N9O2S4. The monoisotopic (exact) mass is 775 g/mol. The molecule has 0 saturated carbocycles. The van der Waals surface area contributed by atoms with Crippen LogP contribution in [0.4, 0.5) is 0 Å². The van der Waals surface area contributed by atoms with Gasteiger partial charge in [-0.3, -0.25) is 0 Å². The number of nitrogens with zero attached hydrogens (tertiary/aromatic N) is 9. The lowest BCUT2D eigenvalue weighted by Gasteiger charge is -2.44. The van der Waals surface area contributed by atoms with Gasteiger partial charge < -0.3 is 24.2 Å². The molecule has 0 radical (unpaired) electrons. The Hall–Kier alpha value is -1.49. The van der Waals surface area contributed by atoms with Crippen LogP contribution < -0.4 is 9.47 Å². The van der Waals surface area contributed by atoms with Crippen LogP contribution in [0.1, 0.15) is 113 Å². The lowest BCUT2D eigenvalue weighted by molar-refractivity contribution is 0.0841. The van der Waals surface area contributed by atoms with E-state index in [-0.39, 0.29) is 0 Å².